The Morgan fingerprint density at radius 2 is 2.03 bits per heavy atom. The van der Waals surface area contributed by atoms with Crippen LogP contribution in [0.2, 0.25) is 0 Å². The largest absolute Gasteiger partial charge is 0.443 e. The SMILES string of the molecule is CCCCS(=O)(=O)N1CC(CC#N)(n2cc(-c3ncnc4c3ccn4COC(=O)C(C)(C)C)cn2)C1. The number of rotatable bonds is 9. The van der Waals surface area contributed by atoms with E-state index in [1.165, 1.54) is 10.6 Å². The van der Waals surface area contributed by atoms with Crippen LogP contribution in [0.3, 0.4) is 0 Å². The molecular weight excluding hydrogens is 482 g/mol. The Morgan fingerprint density at radius 1 is 1.28 bits per heavy atom. The maximum absolute atomic E-state index is 12.6. The second-order valence-electron chi connectivity index (χ2n) is 10.2. The van der Waals surface area contributed by atoms with Crippen molar-refractivity contribution in [2.45, 2.75) is 59.2 Å². The highest BCUT2D eigenvalue weighted by Crippen LogP contribution is 2.36. The van der Waals surface area contributed by atoms with Crippen molar-refractivity contribution in [1.82, 2.24) is 28.6 Å². The molecular formula is C24H31N7O4S. The number of unbranched alkanes of at least 4 members (excludes halogenated alkanes) is 1. The second kappa shape index (κ2) is 9.63. The predicted octanol–water partition coefficient (Wildman–Crippen LogP) is 2.90. The van der Waals surface area contributed by atoms with Crippen LogP contribution in [0.4, 0.5) is 0 Å². The number of ether oxygens (including phenoxy) is 1. The number of carbonyl (C=O) groups excluding carboxylic acids is 1. The van der Waals surface area contributed by atoms with Gasteiger partial charge in [0, 0.05) is 36.4 Å². The normalized spacial score (nSPS) is 16.0. The summed E-state index contributed by atoms with van der Waals surface area (Å²) < 4.78 is 35.4. The summed E-state index contributed by atoms with van der Waals surface area (Å²) in [6, 6.07) is 4.04. The Morgan fingerprint density at radius 3 is 2.69 bits per heavy atom. The van der Waals surface area contributed by atoms with Gasteiger partial charge in [0.2, 0.25) is 10.0 Å². The van der Waals surface area contributed by atoms with Crippen LogP contribution in [0.1, 0.15) is 47.0 Å². The van der Waals surface area contributed by atoms with Gasteiger partial charge in [-0.3, -0.25) is 14.0 Å². The number of nitrogens with zero attached hydrogens (tertiary/aromatic N) is 7. The van der Waals surface area contributed by atoms with Crippen molar-refractivity contribution in [3.05, 3.63) is 31.0 Å². The van der Waals surface area contributed by atoms with Gasteiger partial charge in [0.05, 0.1) is 35.5 Å². The van der Waals surface area contributed by atoms with Gasteiger partial charge < -0.3 is 4.74 Å². The molecule has 0 N–H and O–H groups in total. The number of hydrogen-bond donors (Lipinski definition) is 0. The quantitative estimate of drug-likeness (QED) is 0.398. The zero-order valence-electron chi connectivity index (χ0n) is 21.0. The highest BCUT2D eigenvalue weighted by molar-refractivity contribution is 7.89. The van der Waals surface area contributed by atoms with Gasteiger partial charge >= 0.3 is 5.97 Å². The smallest absolute Gasteiger partial charge is 0.312 e. The first kappa shape index (κ1) is 25.8. The van der Waals surface area contributed by atoms with Crippen molar-refractivity contribution >= 4 is 27.0 Å². The molecule has 0 radical (unpaired) electrons. The Hall–Kier alpha value is -3.30. The molecule has 0 amide bonds. The molecule has 36 heavy (non-hydrogen) atoms. The number of fused-ring (bicyclic) bond motifs is 1. The van der Waals surface area contributed by atoms with E-state index in [2.05, 4.69) is 21.1 Å². The summed E-state index contributed by atoms with van der Waals surface area (Å²) >= 11 is 0. The molecule has 4 heterocycles. The van der Waals surface area contributed by atoms with Crippen LogP contribution >= 0.6 is 0 Å². The molecule has 1 aliphatic rings. The molecule has 11 nitrogen and oxygen atoms in total. The van der Waals surface area contributed by atoms with Crippen LogP contribution in [0, 0.1) is 16.7 Å². The number of hydrogen-bond acceptors (Lipinski definition) is 8. The maximum Gasteiger partial charge on any atom is 0.312 e. The molecule has 3 aromatic heterocycles. The Balaban J connectivity index is 1.57. The molecule has 0 aromatic carbocycles. The van der Waals surface area contributed by atoms with Crippen LogP contribution < -0.4 is 0 Å². The minimum absolute atomic E-state index is 0.0307. The third-order valence-corrected chi connectivity index (χ3v) is 8.19. The van der Waals surface area contributed by atoms with E-state index in [-0.39, 0.29) is 38.0 Å². The lowest BCUT2D eigenvalue weighted by molar-refractivity contribution is -0.156. The molecule has 1 saturated heterocycles. The van der Waals surface area contributed by atoms with Crippen molar-refractivity contribution in [1.29, 1.82) is 5.26 Å². The molecule has 0 aliphatic carbocycles. The van der Waals surface area contributed by atoms with Crippen molar-refractivity contribution in [2.24, 2.45) is 5.41 Å². The second-order valence-corrected chi connectivity index (χ2v) is 12.3. The molecule has 1 aliphatic heterocycles. The Kier molecular flexibility index (Phi) is 6.90. The molecule has 0 atom stereocenters. The van der Waals surface area contributed by atoms with Gasteiger partial charge in [0.25, 0.3) is 0 Å². The summed E-state index contributed by atoms with van der Waals surface area (Å²) in [5.74, 6) is -0.203. The first-order valence-corrected chi connectivity index (χ1v) is 13.5. The van der Waals surface area contributed by atoms with Gasteiger partial charge in [-0.25, -0.2) is 18.4 Å². The maximum atomic E-state index is 12.6. The first-order valence-electron chi connectivity index (χ1n) is 11.9. The lowest BCUT2D eigenvalue weighted by Gasteiger charge is -2.47. The highest BCUT2D eigenvalue weighted by Gasteiger charge is 2.50. The fraction of sp³-hybridized carbons (Fsp3) is 0.542. The first-order chi connectivity index (χ1) is 17.0. The molecule has 4 rings (SSSR count). The van der Waals surface area contributed by atoms with E-state index in [0.717, 1.165) is 17.4 Å². The average Bonchev–Trinajstić information content (AvgIpc) is 3.45. The molecule has 192 valence electrons. The van der Waals surface area contributed by atoms with Gasteiger partial charge in [-0.2, -0.15) is 14.7 Å². The molecule has 0 spiro atoms. The zero-order chi connectivity index (χ0) is 26.1. The van der Waals surface area contributed by atoms with Crippen molar-refractivity contribution < 1.29 is 17.9 Å². The minimum atomic E-state index is -3.35. The van der Waals surface area contributed by atoms with E-state index in [1.807, 2.05) is 13.0 Å². The van der Waals surface area contributed by atoms with Crippen LogP contribution in [0.25, 0.3) is 22.3 Å². The van der Waals surface area contributed by atoms with E-state index >= 15 is 0 Å². The number of sulfonamides is 1. The molecule has 0 bridgehead atoms. The monoisotopic (exact) mass is 513 g/mol. The average molecular weight is 514 g/mol. The van der Waals surface area contributed by atoms with E-state index < -0.39 is 21.0 Å². The van der Waals surface area contributed by atoms with Crippen LogP contribution in [-0.2, 0) is 31.8 Å². The van der Waals surface area contributed by atoms with E-state index in [4.69, 9.17) is 4.74 Å². The fourth-order valence-corrected chi connectivity index (χ4v) is 5.92. The Labute approximate surface area is 210 Å². The summed E-state index contributed by atoms with van der Waals surface area (Å²) in [6.07, 6.45) is 8.22. The lowest BCUT2D eigenvalue weighted by atomic mass is 9.89. The number of carbonyl (C=O) groups is 1. The van der Waals surface area contributed by atoms with Crippen LogP contribution in [0.5, 0.6) is 0 Å². The van der Waals surface area contributed by atoms with Gasteiger partial charge in [-0.1, -0.05) is 13.3 Å². The van der Waals surface area contributed by atoms with Crippen molar-refractivity contribution in [2.75, 3.05) is 18.8 Å². The van der Waals surface area contributed by atoms with Crippen LogP contribution in [0.15, 0.2) is 31.0 Å². The lowest BCUT2D eigenvalue weighted by Crippen LogP contribution is -2.64. The number of esters is 1. The molecule has 0 saturated carbocycles. The van der Waals surface area contributed by atoms with E-state index in [0.29, 0.717) is 17.8 Å². The standard InChI is InChI=1S/C24H31N7O4S/c1-5-6-11-36(33,34)30-14-24(15-30,8-9-25)31-13-18(12-28-31)20-19-7-10-29(21(19)27-16-26-20)17-35-22(32)23(2,3)4/h7,10,12-13,16H,5-6,8,11,14-15,17H2,1-4H3. The van der Waals surface area contributed by atoms with Crippen LogP contribution in [-0.4, -0.2) is 61.9 Å². The van der Waals surface area contributed by atoms with Gasteiger partial charge in [0.15, 0.2) is 6.73 Å². The number of nitriles is 1. The third kappa shape index (κ3) is 4.85. The fourth-order valence-electron chi connectivity index (χ4n) is 4.13. The van der Waals surface area contributed by atoms with Crippen molar-refractivity contribution in [3.63, 3.8) is 0 Å². The predicted molar refractivity (Wildman–Crippen MR) is 133 cm³/mol. The summed E-state index contributed by atoms with van der Waals surface area (Å²) in [4.78, 5) is 21.0. The molecule has 3 aromatic rings. The summed E-state index contributed by atoms with van der Waals surface area (Å²) in [5.41, 5.74) is 0.648. The summed E-state index contributed by atoms with van der Waals surface area (Å²) in [5, 5.41) is 14.7. The zero-order valence-corrected chi connectivity index (χ0v) is 21.8. The molecule has 0 unspecified atom stereocenters. The summed E-state index contributed by atoms with van der Waals surface area (Å²) in [7, 11) is -3.35. The van der Waals surface area contributed by atoms with Crippen molar-refractivity contribution in [3.8, 4) is 17.3 Å². The topological polar surface area (TPSA) is 136 Å². The molecule has 12 heteroatoms. The molecule has 1 fully saturated rings. The van der Waals surface area contributed by atoms with Gasteiger partial charge in [0.1, 0.15) is 17.5 Å². The highest BCUT2D eigenvalue weighted by atomic mass is 32.2. The van der Waals surface area contributed by atoms with Gasteiger partial charge in [-0.05, 0) is 33.3 Å². The van der Waals surface area contributed by atoms with E-state index in [1.54, 1.807) is 48.6 Å². The minimum Gasteiger partial charge on any atom is -0.443 e. The number of aromatic nitrogens is 5. The third-order valence-electron chi connectivity index (χ3n) is 6.34. The van der Waals surface area contributed by atoms with E-state index in [9.17, 15) is 18.5 Å². The Bertz CT molecular complexity index is 1410. The van der Waals surface area contributed by atoms with Gasteiger partial charge in [-0.15, -0.1) is 0 Å². The summed E-state index contributed by atoms with van der Waals surface area (Å²) in [6.45, 7) is 7.79.